The van der Waals surface area contributed by atoms with Gasteiger partial charge in [-0.1, -0.05) is 82.1 Å². The van der Waals surface area contributed by atoms with E-state index in [1.54, 1.807) is 20.8 Å². The van der Waals surface area contributed by atoms with Crippen molar-refractivity contribution in [1.82, 2.24) is 10.6 Å². The Labute approximate surface area is 206 Å². The Morgan fingerprint density at radius 3 is 2.06 bits per heavy atom. The van der Waals surface area contributed by atoms with E-state index in [2.05, 4.69) is 34.9 Å². The number of ether oxygens (including phenoxy) is 1. The first kappa shape index (κ1) is 24.8. The summed E-state index contributed by atoms with van der Waals surface area (Å²) in [5, 5.41) is 15.2. The molecule has 0 unspecified atom stereocenters. The number of carbonyl (C=O) groups is 3. The highest BCUT2D eigenvalue weighted by Crippen LogP contribution is 2.44. The Kier molecular flexibility index (Phi) is 6.88. The molecule has 0 bridgehead atoms. The summed E-state index contributed by atoms with van der Waals surface area (Å²) in [6, 6.07) is 15.3. The van der Waals surface area contributed by atoms with Crippen LogP contribution in [0.4, 0.5) is 4.79 Å². The SMILES string of the molecule is CC(C)(C)[C@@H](NC(=O)CC1(NC(=O)OCC2c3ccccc3-c3ccccc32)CCCC1)C(=O)O. The highest BCUT2D eigenvalue weighted by atomic mass is 16.5. The number of alkyl carbamates (subject to hydrolysis) is 1. The highest BCUT2D eigenvalue weighted by molar-refractivity contribution is 5.85. The molecule has 0 saturated heterocycles. The molecule has 0 spiro atoms. The minimum atomic E-state index is -1.07. The van der Waals surface area contributed by atoms with Crippen LogP contribution in [0.15, 0.2) is 48.5 Å². The molecule has 2 aromatic rings. The van der Waals surface area contributed by atoms with Gasteiger partial charge in [-0.2, -0.15) is 0 Å². The van der Waals surface area contributed by atoms with E-state index in [9.17, 15) is 19.5 Å². The molecule has 2 aliphatic carbocycles. The van der Waals surface area contributed by atoms with E-state index < -0.39 is 29.1 Å². The molecule has 4 rings (SSSR count). The zero-order valence-corrected chi connectivity index (χ0v) is 20.6. The summed E-state index contributed by atoms with van der Waals surface area (Å²) in [5.74, 6) is -1.50. The summed E-state index contributed by atoms with van der Waals surface area (Å²) < 4.78 is 5.71. The van der Waals surface area contributed by atoms with Gasteiger partial charge in [0.05, 0.1) is 5.54 Å². The lowest BCUT2D eigenvalue weighted by Gasteiger charge is -2.32. The summed E-state index contributed by atoms with van der Waals surface area (Å²) in [7, 11) is 0. The maximum absolute atomic E-state index is 12.9. The Morgan fingerprint density at radius 1 is 1.00 bits per heavy atom. The average molecular weight is 479 g/mol. The van der Waals surface area contributed by atoms with Crippen LogP contribution in [0.3, 0.4) is 0 Å². The van der Waals surface area contributed by atoms with Crippen molar-refractivity contribution < 1.29 is 24.2 Å². The molecule has 2 aromatic carbocycles. The van der Waals surface area contributed by atoms with Crippen molar-refractivity contribution in [3.8, 4) is 11.1 Å². The fraction of sp³-hybridized carbons (Fsp3) is 0.464. The number of benzene rings is 2. The largest absolute Gasteiger partial charge is 0.480 e. The van der Waals surface area contributed by atoms with Crippen molar-refractivity contribution in [3.05, 3.63) is 59.7 Å². The molecular weight excluding hydrogens is 444 g/mol. The van der Waals surface area contributed by atoms with Gasteiger partial charge < -0.3 is 20.5 Å². The van der Waals surface area contributed by atoms with Gasteiger partial charge in [0, 0.05) is 12.3 Å². The lowest BCUT2D eigenvalue weighted by molar-refractivity contribution is -0.145. The molecule has 0 heterocycles. The Morgan fingerprint density at radius 2 is 1.54 bits per heavy atom. The first-order valence-electron chi connectivity index (χ1n) is 12.2. The van der Waals surface area contributed by atoms with Crippen LogP contribution < -0.4 is 10.6 Å². The number of carboxylic acids is 1. The monoisotopic (exact) mass is 478 g/mol. The van der Waals surface area contributed by atoms with Crippen molar-refractivity contribution >= 4 is 18.0 Å². The quantitative estimate of drug-likeness (QED) is 0.528. The number of aliphatic carboxylic acids is 1. The van der Waals surface area contributed by atoms with Gasteiger partial charge in [-0.05, 0) is 40.5 Å². The van der Waals surface area contributed by atoms with Crippen LogP contribution in [0.1, 0.15) is 69.9 Å². The first-order chi connectivity index (χ1) is 16.6. The van der Waals surface area contributed by atoms with E-state index in [-0.39, 0.29) is 24.9 Å². The summed E-state index contributed by atoms with van der Waals surface area (Å²) in [4.78, 5) is 37.4. The number of hydrogen-bond acceptors (Lipinski definition) is 4. The van der Waals surface area contributed by atoms with E-state index in [0.717, 1.165) is 35.1 Å². The smallest absolute Gasteiger partial charge is 0.407 e. The van der Waals surface area contributed by atoms with Crippen LogP contribution in [-0.2, 0) is 14.3 Å². The number of nitrogens with one attached hydrogen (secondary N) is 2. The third-order valence-corrected chi connectivity index (χ3v) is 7.19. The van der Waals surface area contributed by atoms with Crippen molar-refractivity contribution in [2.45, 2.75) is 70.4 Å². The van der Waals surface area contributed by atoms with Gasteiger partial charge in [-0.3, -0.25) is 4.79 Å². The Hall–Kier alpha value is -3.35. The van der Waals surface area contributed by atoms with E-state index in [4.69, 9.17) is 4.74 Å². The Balaban J connectivity index is 1.41. The van der Waals surface area contributed by atoms with Crippen LogP contribution in [0.25, 0.3) is 11.1 Å². The minimum Gasteiger partial charge on any atom is -0.480 e. The van der Waals surface area contributed by atoms with Gasteiger partial charge >= 0.3 is 12.1 Å². The summed E-state index contributed by atoms with van der Waals surface area (Å²) in [5.41, 5.74) is 3.23. The van der Waals surface area contributed by atoms with Crippen molar-refractivity contribution in [3.63, 3.8) is 0 Å². The van der Waals surface area contributed by atoms with E-state index >= 15 is 0 Å². The third kappa shape index (κ3) is 5.34. The lowest BCUT2D eigenvalue weighted by atomic mass is 9.86. The number of hydrogen-bond donors (Lipinski definition) is 3. The second-order valence-electron chi connectivity index (χ2n) is 10.8. The fourth-order valence-corrected chi connectivity index (χ4v) is 5.42. The van der Waals surface area contributed by atoms with Gasteiger partial charge in [-0.25, -0.2) is 9.59 Å². The molecule has 0 aliphatic heterocycles. The van der Waals surface area contributed by atoms with E-state index in [1.165, 1.54) is 0 Å². The van der Waals surface area contributed by atoms with Crippen LogP contribution in [0.5, 0.6) is 0 Å². The minimum absolute atomic E-state index is 0.0249. The molecule has 0 radical (unpaired) electrons. The second kappa shape index (κ2) is 9.72. The molecule has 7 heteroatoms. The molecule has 1 fully saturated rings. The number of carbonyl (C=O) groups excluding carboxylic acids is 2. The first-order valence-corrected chi connectivity index (χ1v) is 12.2. The normalized spacial score (nSPS) is 17.2. The van der Waals surface area contributed by atoms with E-state index in [1.807, 2.05) is 24.3 Å². The van der Waals surface area contributed by atoms with Crippen molar-refractivity contribution in [2.75, 3.05) is 6.61 Å². The molecule has 2 amide bonds. The van der Waals surface area contributed by atoms with Gasteiger partial charge in [0.2, 0.25) is 5.91 Å². The predicted molar refractivity (Wildman–Crippen MR) is 133 cm³/mol. The lowest BCUT2D eigenvalue weighted by Crippen LogP contribution is -2.54. The summed E-state index contributed by atoms with van der Waals surface area (Å²) in [6.45, 7) is 5.51. The molecule has 2 aliphatic rings. The van der Waals surface area contributed by atoms with Gasteiger partial charge in [-0.15, -0.1) is 0 Å². The number of amides is 2. The standard InChI is InChI=1S/C28H34N2O5/c1-27(2,3)24(25(32)33)29-23(31)16-28(14-8-9-15-28)30-26(34)35-17-22-20-12-6-4-10-18(20)19-11-5-7-13-21(19)22/h4-7,10-13,22,24H,8-9,14-17H2,1-3H3,(H,29,31)(H,30,34)(H,32,33)/t24-/m0/s1. The molecule has 0 aromatic heterocycles. The zero-order valence-electron chi connectivity index (χ0n) is 20.6. The zero-order chi connectivity index (χ0) is 25.2. The maximum atomic E-state index is 12.9. The van der Waals surface area contributed by atoms with Gasteiger partial charge in [0.25, 0.3) is 0 Å². The molecule has 186 valence electrons. The van der Waals surface area contributed by atoms with Crippen molar-refractivity contribution in [1.29, 1.82) is 0 Å². The number of fused-ring (bicyclic) bond motifs is 3. The number of carboxylic acid groups (broad SMARTS) is 1. The van der Waals surface area contributed by atoms with Crippen LogP contribution >= 0.6 is 0 Å². The fourth-order valence-electron chi connectivity index (χ4n) is 5.42. The second-order valence-corrected chi connectivity index (χ2v) is 10.8. The predicted octanol–water partition coefficient (Wildman–Crippen LogP) is 4.84. The highest BCUT2D eigenvalue weighted by Gasteiger charge is 2.40. The summed E-state index contributed by atoms with van der Waals surface area (Å²) in [6.07, 6.45) is 2.55. The maximum Gasteiger partial charge on any atom is 0.407 e. The third-order valence-electron chi connectivity index (χ3n) is 7.19. The molecule has 7 nitrogen and oxygen atoms in total. The Bertz CT molecular complexity index is 1070. The van der Waals surface area contributed by atoms with Crippen molar-refractivity contribution in [2.24, 2.45) is 5.41 Å². The van der Waals surface area contributed by atoms with Crippen LogP contribution in [-0.4, -0.2) is 41.3 Å². The average Bonchev–Trinajstić information content (AvgIpc) is 3.37. The van der Waals surface area contributed by atoms with Gasteiger partial charge in [0.15, 0.2) is 0 Å². The van der Waals surface area contributed by atoms with Crippen LogP contribution in [0.2, 0.25) is 0 Å². The molecular formula is C28H34N2O5. The molecule has 1 saturated carbocycles. The summed E-state index contributed by atoms with van der Waals surface area (Å²) >= 11 is 0. The molecule has 35 heavy (non-hydrogen) atoms. The van der Waals surface area contributed by atoms with Gasteiger partial charge in [0.1, 0.15) is 12.6 Å². The van der Waals surface area contributed by atoms with Crippen LogP contribution in [0, 0.1) is 5.41 Å². The molecule has 3 N–H and O–H groups in total. The topological polar surface area (TPSA) is 105 Å². The number of rotatable bonds is 7. The van der Waals surface area contributed by atoms with E-state index in [0.29, 0.717) is 12.8 Å². The molecule has 1 atom stereocenters.